The molecule has 0 aliphatic carbocycles. The van der Waals surface area contributed by atoms with Crippen LogP contribution in [-0.2, 0) is 4.79 Å². The van der Waals surface area contributed by atoms with Crippen molar-refractivity contribution in [1.82, 2.24) is 10.6 Å². The Morgan fingerprint density at radius 1 is 1.36 bits per heavy atom. The predicted molar refractivity (Wildman–Crippen MR) is 84.8 cm³/mol. The molecule has 0 radical (unpaired) electrons. The molecule has 1 amide bonds. The van der Waals surface area contributed by atoms with Gasteiger partial charge in [-0.05, 0) is 44.7 Å². The van der Waals surface area contributed by atoms with Crippen LogP contribution in [0.5, 0.6) is 5.75 Å². The molecule has 2 fully saturated rings. The fourth-order valence-corrected chi connectivity index (χ4v) is 3.29. The van der Waals surface area contributed by atoms with Crippen molar-refractivity contribution in [3.05, 3.63) is 30.1 Å². The van der Waals surface area contributed by atoms with Crippen LogP contribution in [0.4, 0.5) is 4.39 Å². The van der Waals surface area contributed by atoms with Gasteiger partial charge in [0, 0.05) is 24.2 Å². The van der Waals surface area contributed by atoms with E-state index in [2.05, 4.69) is 10.6 Å². The van der Waals surface area contributed by atoms with Gasteiger partial charge in [-0.25, -0.2) is 4.39 Å². The number of nitrogens with one attached hydrogen (secondary N) is 2. The first kappa shape index (κ1) is 17.0. The van der Waals surface area contributed by atoms with Crippen LogP contribution in [0.3, 0.4) is 0 Å². The molecule has 3 unspecified atom stereocenters. The molecule has 2 bridgehead atoms. The molecular formula is C16H22ClFN2O2. The van der Waals surface area contributed by atoms with Gasteiger partial charge in [-0.2, -0.15) is 0 Å². The molecule has 0 spiro atoms. The van der Waals surface area contributed by atoms with Crippen molar-refractivity contribution in [3.8, 4) is 5.75 Å². The Kier molecular flexibility index (Phi) is 5.64. The predicted octanol–water partition coefficient (Wildman–Crippen LogP) is 2.41. The summed E-state index contributed by atoms with van der Waals surface area (Å²) in [4.78, 5) is 12.2. The largest absolute Gasteiger partial charge is 0.481 e. The molecule has 0 aromatic heterocycles. The van der Waals surface area contributed by atoms with Gasteiger partial charge in [0.25, 0.3) is 5.91 Å². The number of benzene rings is 1. The van der Waals surface area contributed by atoms with Crippen molar-refractivity contribution in [2.24, 2.45) is 0 Å². The summed E-state index contributed by atoms with van der Waals surface area (Å²) in [6.07, 6.45) is 3.74. The first-order valence-corrected chi connectivity index (χ1v) is 7.59. The fourth-order valence-electron chi connectivity index (χ4n) is 3.29. The number of piperidine rings is 1. The van der Waals surface area contributed by atoms with Crippen LogP contribution in [0.15, 0.2) is 24.3 Å². The zero-order valence-corrected chi connectivity index (χ0v) is 13.4. The second-order valence-electron chi connectivity index (χ2n) is 6.03. The van der Waals surface area contributed by atoms with Crippen LogP contribution in [0.1, 0.15) is 32.6 Å². The van der Waals surface area contributed by atoms with E-state index < -0.39 is 6.10 Å². The van der Waals surface area contributed by atoms with Gasteiger partial charge >= 0.3 is 0 Å². The number of hydrogen-bond acceptors (Lipinski definition) is 3. The third kappa shape index (κ3) is 4.11. The molecule has 122 valence electrons. The highest BCUT2D eigenvalue weighted by Crippen LogP contribution is 2.26. The number of ether oxygens (including phenoxy) is 1. The Bertz CT molecular complexity index is 517. The number of rotatable bonds is 4. The Hall–Kier alpha value is -1.33. The molecule has 2 N–H and O–H groups in total. The zero-order chi connectivity index (χ0) is 14.8. The standard InChI is InChI=1S/C16H21FN2O2.ClH/c1-10(21-15-4-2-3-11(17)7-15)16(20)19-14-8-12-5-6-13(9-14)18-12;/h2-4,7,10,12-14,18H,5-6,8-9H2,1H3,(H,19,20);1H. The van der Waals surface area contributed by atoms with Crippen LogP contribution >= 0.6 is 12.4 Å². The summed E-state index contributed by atoms with van der Waals surface area (Å²) in [6.45, 7) is 1.69. The summed E-state index contributed by atoms with van der Waals surface area (Å²) in [5.41, 5.74) is 0. The Morgan fingerprint density at radius 2 is 2.05 bits per heavy atom. The van der Waals surface area contributed by atoms with Crippen molar-refractivity contribution >= 4 is 18.3 Å². The average molecular weight is 329 g/mol. The third-order valence-electron chi connectivity index (χ3n) is 4.30. The Morgan fingerprint density at radius 3 is 2.68 bits per heavy atom. The Labute approximate surface area is 136 Å². The van der Waals surface area contributed by atoms with E-state index >= 15 is 0 Å². The van der Waals surface area contributed by atoms with Crippen LogP contribution in [0.25, 0.3) is 0 Å². The smallest absolute Gasteiger partial charge is 0.260 e. The zero-order valence-electron chi connectivity index (χ0n) is 12.5. The van der Waals surface area contributed by atoms with Crippen molar-refractivity contribution in [2.75, 3.05) is 0 Å². The lowest BCUT2D eigenvalue weighted by Gasteiger charge is -2.30. The molecule has 6 heteroatoms. The van der Waals surface area contributed by atoms with E-state index in [1.165, 1.54) is 25.0 Å². The number of amides is 1. The maximum absolute atomic E-state index is 13.1. The minimum absolute atomic E-state index is 0. The van der Waals surface area contributed by atoms with Crippen LogP contribution in [0.2, 0.25) is 0 Å². The minimum atomic E-state index is -0.626. The second kappa shape index (κ2) is 7.29. The van der Waals surface area contributed by atoms with Crippen molar-refractivity contribution in [1.29, 1.82) is 0 Å². The van der Waals surface area contributed by atoms with Gasteiger partial charge in [-0.3, -0.25) is 4.79 Å². The highest BCUT2D eigenvalue weighted by Gasteiger charge is 2.34. The van der Waals surface area contributed by atoms with Gasteiger partial charge in [0.05, 0.1) is 0 Å². The monoisotopic (exact) mass is 328 g/mol. The molecule has 2 saturated heterocycles. The van der Waals surface area contributed by atoms with E-state index in [9.17, 15) is 9.18 Å². The molecule has 1 aromatic rings. The number of carbonyl (C=O) groups is 1. The summed E-state index contributed by atoms with van der Waals surface area (Å²) in [7, 11) is 0. The van der Waals surface area contributed by atoms with Gasteiger partial charge in [-0.15, -0.1) is 12.4 Å². The fraction of sp³-hybridized carbons (Fsp3) is 0.562. The molecule has 2 aliphatic rings. The first-order chi connectivity index (χ1) is 10.1. The lowest BCUT2D eigenvalue weighted by atomic mass is 9.99. The summed E-state index contributed by atoms with van der Waals surface area (Å²) < 4.78 is 18.6. The van der Waals surface area contributed by atoms with Gasteiger partial charge < -0.3 is 15.4 Å². The van der Waals surface area contributed by atoms with E-state index in [1.807, 2.05) is 0 Å². The van der Waals surface area contributed by atoms with Crippen LogP contribution in [0, 0.1) is 5.82 Å². The van der Waals surface area contributed by atoms with Crippen molar-refractivity contribution in [2.45, 2.75) is 56.8 Å². The van der Waals surface area contributed by atoms with E-state index in [-0.39, 0.29) is 30.2 Å². The molecule has 2 heterocycles. The van der Waals surface area contributed by atoms with E-state index in [0.29, 0.717) is 17.8 Å². The van der Waals surface area contributed by atoms with E-state index in [1.54, 1.807) is 19.1 Å². The average Bonchev–Trinajstić information content (AvgIpc) is 2.78. The Balaban J connectivity index is 0.00000176. The van der Waals surface area contributed by atoms with Crippen molar-refractivity contribution < 1.29 is 13.9 Å². The number of carbonyl (C=O) groups excluding carboxylic acids is 1. The lowest BCUT2D eigenvalue weighted by molar-refractivity contribution is -0.128. The van der Waals surface area contributed by atoms with Crippen LogP contribution < -0.4 is 15.4 Å². The minimum Gasteiger partial charge on any atom is -0.481 e. The summed E-state index contributed by atoms with van der Waals surface area (Å²) in [6, 6.07) is 7.14. The van der Waals surface area contributed by atoms with Gasteiger partial charge in [0.2, 0.25) is 0 Å². The molecular weight excluding hydrogens is 307 g/mol. The molecule has 3 atom stereocenters. The highest BCUT2D eigenvalue weighted by atomic mass is 35.5. The summed E-state index contributed by atoms with van der Waals surface area (Å²) >= 11 is 0. The van der Waals surface area contributed by atoms with Gasteiger partial charge in [0.15, 0.2) is 6.10 Å². The molecule has 3 rings (SSSR count). The van der Waals surface area contributed by atoms with Gasteiger partial charge in [-0.1, -0.05) is 6.07 Å². The normalized spacial score (nSPS) is 27.6. The summed E-state index contributed by atoms with van der Waals surface area (Å²) in [5.74, 6) is -0.122. The molecule has 4 nitrogen and oxygen atoms in total. The van der Waals surface area contributed by atoms with Crippen molar-refractivity contribution in [3.63, 3.8) is 0 Å². The second-order valence-corrected chi connectivity index (χ2v) is 6.03. The third-order valence-corrected chi connectivity index (χ3v) is 4.30. The van der Waals surface area contributed by atoms with Gasteiger partial charge in [0.1, 0.15) is 11.6 Å². The van der Waals surface area contributed by atoms with E-state index in [4.69, 9.17) is 4.74 Å². The SMILES string of the molecule is CC(Oc1cccc(F)c1)C(=O)NC1CC2CCC(C1)N2.Cl. The maximum Gasteiger partial charge on any atom is 0.260 e. The quantitative estimate of drug-likeness (QED) is 0.892. The number of hydrogen-bond donors (Lipinski definition) is 2. The van der Waals surface area contributed by atoms with Crippen LogP contribution in [-0.4, -0.2) is 30.1 Å². The molecule has 1 aromatic carbocycles. The molecule has 0 saturated carbocycles. The topological polar surface area (TPSA) is 50.4 Å². The maximum atomic E-state index is 13.1. The first-order valence-electron chi connectivity index (χ1n) is 7.59. The summed E-state index contributed by atoms with van der Waals surface area (Å²) in [5, 5.41) is 6.60. The number of halogens is 2. The molecule has 2 aliphatic heterocycles. The highest BCUT2D eigenvalue weighted by molar-refractivity contribution is 5.85. The lowest BCUT2D eigenvalue weighted by Crippen LogP contribution is -2.50. The number of fused-ring (bicyclic) bond motifs is 2. The van der Waals surface area contributed by atoms with E-state index in [0.717, 1.165) is 12.8 Å². The molecule has 22 heavy (non-hydrogen) atoms.